The summed E-state index contributed by atoms with van der Waals surface area (Å²) in [6.45, 7) is 12.6. The zero-order chi connectivity index (χ0) is 47.2. The van der Waals surface area contributed by atoms with Gasteiger partial charge in [-0.15, -0.1) is 0 Å². The molecule has 3 aromatic carbocycles. The molecule has 0 unspecified atom stereocenters. The Hall–Kier alpha value is -5.85. The molecule has 3 aliphatic heterocycles. The van der Waals surface area contributed by atoms with Crippen molar-refractivity contribution in [1.29, 1.82) is 0 Å². The third kappa shape index (κ3) is 9.72. The third-order valence-electron chi connectivity index (χ3n) is 14.4. The van der Waals surface area contributed by atoms with Crippen molar-refractivity contribution >= 4 is 72.2 Å². The number of fused-ring (bicyclic) bond motifs is 2. The van der Waals surface area contributed by atoms with Gasteiger partial charge in [-0.05, 0) is 122 Å². The predicted octanol–water partition coefficient (Wildman–Crippen LogP) is 8.28. The van der Waals surface area contributed by atoms with Crippen molar-refractivity contribution in [1.82, 2.24) is 34.3 Å². The van der Waals surface area contributed by atoms with Gasteiger partial charge in [-0.1, -0.05) is 43.2 Å². The summed E-state index contributed by atoms with van der Waals surface area (Å²) in [5, 5.41) is 20.3. The van der Waals surface area contributed by atoms with Crippen molar-refractivity contribution in [3.05, 3.63) is 117 Å². The van der Waals surface area contributed by atoms with Gasteiger partial charge in [0.1, 0.15) is 11.2 Å². The molecular formula is C50H57ClN10O6S. The molecule has 3 saturated heterocycles. The van der Waals surface area contributed by atoms with Gasteiger partial charge in [0.25, 0.3) is 21.6 Å². The highest BCUT2D eigenvalue weighted by atomic mass is 35.5. The fraction of sp³-hybridized carbons (Fsp3) is 0.420. The molecule has 0 bridgehead atoms. The first-order valence-corrected chi connectivity index (χ1v) is 25.4. The van der Waals surface area contributed by atoms with Gasteiger partial charge < -0.3 is 15.0 Å². The minimum Gasteiger partial charge on any atom is -0.381 e. The first-order valence-electron chi connectivity index (χ1n) is 23.6. The number of piperazine rings is 1. The third-order valence-corrected chi connectivity index (χ3v) is 15.9. The van der Waals surface area contributed by atoms with E-state index in [0.29, 0.717) is 35.0 Å². The van der Waals surface area contributed by atoms with E-state index in [1.165, 1.54) is 28.8 Å². The van der Waals surface area contributed by atoms with Crippen LogP contribution in [0, 0.1) is 21.4 Å². The average molecular weight is 962 g/mol. The minimum atomic E-state index is -4.57. The maximum atomic E-state index is 14.3. The van der Waals surface area contributed by atoms with Crippen LogP contribution in [0.5, 0.6) is 0 Å². The Labute approximate surface area is 400 Å². The topological polar surface area (TPSA) is 184 Å². The van der Waals surface area contributed by atoms with Gasteiger partial charge in [0, 0.05) is 99.6 Å². The van der Waals surface area contributed by atoms with Crippen LogP contribution in [0.3, 0.4) is 0 Å². The molecule has 6 aromatic rings. The van der Waals surface area contributed by atoms with Crippen molar-refractivity contribution in [2.24, 2.45) is 11.3 Å². The summed E-state index contributed by atoms with van der Waals surface area (Å²) < 4.78 is 37.4. The molecule has 1 amide bonds. The van der Waals surface area contributed by atoms with Crippen LogP contribution < -0.4 is 14.9 Å². The number of carbonyl (C=O) groups is 1. The van der Waals surface area contributed by atoms with Gasteiger partial charge in [0.15, 0.2) is 5.65 Å². The number of aromatic amines is 1. The van der Waals surface area contributed by atoms with E-state index in [1.807, 2.05) is 36.4 Å². The van der Waals surface area contributed by atoms with Crippen LogP contribution in [0.4, 0.5) is 17.1 Å². The van der Waals surface area contributed by atoms with Crippen molar-refractivity contribution in [3.63, 3.8) is 0 Å². The van der Waals surface area contributed by atoms with E-state index < -0.39 is 25.7 Å². The Balaban J connectivity index is 0.879. The number of halogens is 1. The molecule has 3 fully saturated rings. The van der Waals surface area contributed by atoms with Gasteiger partial charge in [-0.2, -0.15) is 0 Å². The summed E-state index contributed by atoms with van der Waals surface area (Å²) in [5.74, 6) is -0.605. The number of aromatic nitrogens is 4. The predicted molar refractivity (Wildman–Crippen MR) is 265 cm³/mol. The Kier molecular flexibility index (Phi) is 12.8. The molecule has 4 aliphatic rings. The quantitative estimate of drug-likeness (QED) is 0.0745. The molecule has 356 valence electrons. The van der Waals surface area contributed by atoms with Crippen molar-refractivity contribution < 1.29 is 22.9 Å². The van der Waals surface area contributed by atoms with Gasteiger partial charge in [0.05, 0.1) is 26.6 Å². The first kappa shape index (κ1) is 45.9. The van der Waals surface area contributed by atoms with E-state index in [9.17, 15) is 23.3 Å². The highest BCUT2D eigenvalue weighted by Crippen LogP contribution is 2.43. The summed E-state index contributed by atoms with van der Waals surface area (Å²) in [4.78, 5) is 42.0. The number of nitro groups is 1. The molecule has 1 aliphatic carbocycles. The fourth-order valence-corrected chi connectivity index (χ4v) is 11.6. The lowest BCUT2D eigenvalue weighted by molar-refractivity contribution is -0.384. The van der Waals surface area contributed by atoms with Crippen molar-refractivity contribution in [2.45, 2.75) is 63.3 Å². The number of pyridine rings is 1. The van der Waals surface area contributed by atoms with E-state index >= 15 is 0 Å². The van der Waals surface area contributed by atoms with Gasteiger partial charge in [-0.25, -0.2) is 23.1 Å². The molecule has 1 atom stereocenters. The summed E-state index contributed by atoms with van der Waals surface area (Å²) in [6.07, 6.45) is 9.58. The molecular weight excluding hydrogens is 904 g/mol. The zero-order valence-electron chi connectivity index (χ0n) is 38.4. The van der Waals surface area contributed by atoms with Crippen molar-refractivity contribution in [2.75, 3.05) is 75.8 Å². The van der Waals surface area contributed by atoms with Crippen molar-refractivity contribution in [3.8, 4) is 5.69 Å². The second-order valence-electron chi connectivity index (χ2n) is 19.5. The van der Waals surface area contributed by atoms with E-state index in [4.69, 9.17) is 21.3 Å². The van der Waals surface area contributed by atoms with Crippen LogP contribution in [0.25, 0.3) is 33.3 Å². The van der Waals surface area contributed by atoms with Crippen LogP contribution in [-0.4, -0.2) is 120 Å². The van der Waals surface area contributed by atoms with Gasteiger partial charge in [-0.3, -0.25) is 34.5 Å². The number of sulfonamides is 1. The molecule has 0 radical (unpaired) electrons. The number of carbonyl (C=O) groups excluding carboxylic acids is 1. The lowest BCUT2D eigenvalue weighted by atomic mass is 9.72. The van der Waals surface area contributed by atoms with Gasteiger partial charge >= 0.3 is 0 Å². The van der Waals surface area contributed by atoms with Crippen LogP contribution in [0.15, 0.2) is 95.7 Å². The Bertz CT molecular complexity index is 3010. The number of nitrogens with zero attached hydrogens (tertiary/aromatic N) is 7. The molecule has 68 heavy (non-hydrogen) atoms. The summed E-state index contributed by atoms with van der Waals surface area (Å²) in [6, 6.07) is 21.5. The molecule has 18 heteroatoms. The number of nitro benzene ring substituents is 1. The fourth-order valence-electron chi connectivity index (χ4n) is 10.5. The van der Waals surface area contributed by atoms with E-state index in [2.05, 4.69) is 60.8 Å². The minimum absolute atomic E-state index is 0.0754. The average Bonchev–Trinajstić information content (AvgIpc) is 4.11. The van der Waals surface area contributed by atoms with Crippen LogP contribution >= 0.6 is 11.6 Å². The number of likely N-dealkylation sites (tertiary alicyclic amines) is 1. The van der Waals surface area contributed by atoms with Crippen LogP contribution in [-0.2, 0) is 14.8 Å². The van der Waals surface area contributed by atoms with Crippen LogP contribution in [0.2, 0.25) is 5.02 Å². The van der Waals surface area contributed by atoms with Gasteiger partial charge in [0.2, 0.25) is 0 Å². The second-order valence-corrected chi connectivity index (χ2v) is 21.6. The zero-order valence-corrected chi connectivity index (χ0v) is 40.0. The number of hydrogen-bond donors (Lipinski definition) is 3. The lowest BCUT2D eigenvalue weighted by Gasteiger charge is -2.39. The molecule has 3 N–H and O–H groups in total. The molecule has 10 rings (SSSR count). The van der Waals surface area contributed by atoms with E-state index in [0.717, 1.165) is 120 Å². The highest BCUT2D eigenvalue weighted by Gasteiger charge is 2.32. The largest absolute Gasteiger partial charge is 0.381 e. The number of H-pyrrole nitrogens is 1. The molecule has 3 aromatic heterocycles. The SMILES string of the molecule is CC1(C)CCC(CN2CCN(c3ccc(C(=O)NS(=O)(=O)c4ccc(NC[C@H]5CCN(C6CCOCC6)C5)c([N+](=O)[O-])c4)c(-n4[nH]cc5nc6nccc6cc54)c3)CC2)=C(c2ccc(Cl)cc2)C1. The number of allylic oxidation sites excluding steroid dienone is 1. The standard InChI is InChI=1S/C50H57ClN10O6S/c1-50(2)16-11-36(42(28-50)34-3-5-37(51)6-4-34)32-57-19-21-58(22-20-57)39-7-9-41(45(26-39)60-46-25-35-12-17-52-48(35)55-44(46)30-54-60)49(62)56-68(65,66)40-8-10-43(47(27-40)61(63)64)53-29-33-13-18-59(31-33)38-14-23-67-24-15-38/h3-10,12,17,25-27,30,33,38,53-54H,11,13-16,18-24,28-29,31-32H2,1-2H3,(H,56,62)/t33-/m1/s1. The maximum Gasteiger partial charge on any atom is 0.293 e. The number of benzene rings is 3. The Morgan fingerprint density at radius 2 is 1.78 bits per heavy atom. The van der Waals surface area contributed by atoms with Crippen LogP contribution in [0.1, 0.15) is 68.3 Å². The summed E-state index contributed by atoms with van der Waals surface area (Å²) >= 11 is 6.27. The number of amides is 1. The van der Waals surface area contributed by atoms with E-state index in [1.54, 1.807) is 23.1 Å². The molecule has 0 spiro atoms. The Morgan fingerprint density at radius 1 is 0.985 bits per heavy atom. The Morgan fingerprint density at radius 3 is 2.56 bits per heavy atom. The second kappa shape index (κ2) is 18.9. The molecule has 6 heterocycles. The maximum absolute atomic E-state index is 14.3. The number of nitrogens with one attached hydrogen (secondary N) is 3. The number of anilines is 2. The molecule has 16 nitrogen and oxygen atoms in total. The summed E-state index contributed by atoms with van der Waals surface area (Å²) in [5.41, 5.74) is 7.39. The summed E-state index contributed by atoms with van der Waals surface area (Å²) in [7, 11) is -4.57. The smallest absolute Gasteiger partial charge is 0.293 e. The number of rotatable bonds is 13. The van der Waals surface area contributed by atoms with E-state index in [-0.39, 0.29) is 28.3 Å². The lowest BCUT2D eigenvalue weighted by Crippen LogP contribution is -2.47. The number of hydrogen-bond acceptors (Lipinski definition) is 12. The monoisotopic (exact) mass is 960 g/mol. The number of ether oxygens (including phenoxy) is 1. The first-order chi connectivity index (χ1) is 32.8. The normalized spacial score (nSPS) is 19.8. The molecule has 0 saturated carbocycles. The highest BCUT2D eigenvalue weighted by molar-refractivity contribution is 7.90.